The van der Waals surface area contributed by atoms with Crippen molar-refractivity contribution in [2.75, 3.05) is 13.1 Å². The van der Waals surface area contributed by atoms with Crippen molar-refractivity contribution < 1.29 is 18.3 Å². The number of nitrogens with one attached hydrogen (secondary N) is 1. The van der Waals surface area contributed by atoms with E-state index >= 15 is 0 Å². The van der Waals surface area contributed by atoms with E-state index in [4.69, 9.17) is 4.74 Å². The summed E-state index contributed by atoms with van der Waals surface area (Å²) in [6.07, 6.45) is 2.63. The lowest BCUT2D eigenvalue weighted by molar-refractivity contribution is 0.260. The lowest BCUT2D eigenvalue weighted by Crippen LogP contribution is -2.44. The van der Waals surface area contributed by atoms with Crippen molar-refractivity contribution in [2.45, 2.75) is 30.7 Å². The molecule has 1 aliphatic rings. The number of hydrogen-bond acceptors (Lipinski definition) is 6. The van der Waals surface area contributed by atoms with Crippen LogP contribution in [0.1, 0.15) is 24.4 Å². The normalized spacial score (nSPS) is 17.2. The molecule has 0 radical (unpaired) electrons. The van der Waals surface area contributed by atoms with Gasteiger partial charge in [0.15, 0.2) is 11.5 Å². The summed E-state index contributed by atoms with van der Waals surface area (Å²) in [5.74, 6) is 0.307. The Balaban J connectivity index is 1.62. The van der Waals surface area contributed by atoms with E-state index in [1.165, 1.54) is 33.3 Å². The molecule has 0 unspecified atom stereocenters. The number of hydrogen-bond donors (Lipinski definition) is 2. The Kier molecular flexibility index (Phi) is 5.90. The first-order chi connectivity index (χ1) is 15.3. The zero-order chi connectivity index (χ0) is 22.9. The topological polar surface area (TPSA) is 122 Å². The highest BCUT2D eigenvalue weighted by Gasteiger charge is 2.32. The van der Waals surface area contributed by atoms with Gasteiger partial charge >= 0.3 is 5.69 Å². The molecule has 10 heteroatoms. The predicted octanol–water partition coefficient (Wildman–Crippen LogP) is 2.37. The second-order valence-corrected chi connectivity index (χ2v) is 9.62. The molecule has 1 saturated heterocycles. The van der Waals surface area contributed by atoms with Crippen molar-refractivity contribution in [3.8, 4) is 17.2 Å². The standard InChI is InChI=1S/C22H23N3O6S/c1-15-13-25(22(28)23-21(15)27)16-6-5-11-24(14-16)32(29,30)18-9-10-19(26)20(12-18)31-17-7-3-2-4-8-17/h2-4,7-10,12-13,16,26H,5-6,11,14H2,1H3,(H,23,27,28)/t16-/m0/s1. The van der Waals surface area contributed by atoms with Gasteiger partial charge in [-0.2, -0.15) is 4.31 Å². The largest absolute Gasteiger partial charge is 0.504 e. The fourth-order valence-corrected chi connectivity index (χ4v) is 5.26. The third-order valence-electron chi connectivity index (χ3n) is 5.44. The van der Waals surface area contributed by atoms with E-state index in [2.05, 4.69) is 4.98 Å². The fourth-order valence-electron chi connectivity index (χ4n) is 3.72. The number of aromatic amines is 1. The van der Waals surface area contributed by atoms with Crippen LogP contribution in [0.25, 0.3) is 0 Å². The van der Waals surface area contributed by atoms with Gasteiger partial charge < -0.3 is 9.84 Å². The van der Waals surface area contributed by atoms with Crippen molar-refractivity contribution in [3.63, 3.8) is 0 Å². The minimum atomic E-state index is -3.91. The van der Waals surface area contributed by atoms with Crippen LogP contribution in [0.5, 0.6) is 17.2 Å². The van der Waals surface area contributed by atoms with E-state index in [0.717, 1.165) is 0 Å². The summed E-state index contributed by atoms with van der Waals surface area (Å²) in [5, 5.41) is 10.1. The van der Waals surface area contributed by atoms with Crippen LogP contribution in [-0.2, 0) is 10.0 Å². The molecule has 9 nitrogen and oxygen atoms in total. The Labute approximate surface area is 184 Å². The quantitative estimate of drug-likeness (QED) is 0.607. The van der Waals surface area contributed by atoms with Crippen LogP contribution in [0.2, 0.25) is 0 Å². The summed E-state index contributed by atoms with van der Waals surface area (Å²) in [6, 6.07) is 12.2. The van der Waals surface area contributed by atoms with Crippen molar-refractivity contribution in [2.24, 2.45) is 0 Å². The summed E-state index contributed by atoms with van der Waals surface area (Å²) in [5.41, 5.74) is -0.638. The zero-order valence-corrected chi connectivity index (χ0v) is 18.2. The second kappa shape index (κ2) is 8.64. The average molecular weight is 458 g/mol. The van der Waals surface area contributed by atoms with E-state index in [9.17, 15) is 23.1 Å². The molecule has 0 aliphatic carbocycles. The molecular weight excluding hydrogens is 434 g/mol. The molecule has 3 aromatic rings. The number of aromatic nitrogens is 2. The highest BCUT2D eigenvalue weighted by Crippen LogP contribution is 2.34. The first-order valence-corrected chi connectivity index (χ1v) is 11.6. The number of sulfonamides is 1. The molecule has 0 spiro atoms. The number of phenols is 1. The third-order valence-corrected chi connectivity index (χ3v) is 7.30. The van der Waals surface area contributed by atoms with Gasteiger partial charge in [0.1, 0.15) is 5.75 Å². The maximum Gasteiger partial charge on any atom is 0.328 e. The van der Waals surface area contributed by atoms with Gasteiger partial charge in [0.2, 0.25) is 10.0 Å². The Morgan fingerprint density at radius 1 is 1.12 bits per heavy atom. The number of ether oxygens (including phenoxy) is 1. The first kappa shape index (κ1) is 21.8. The van der Waals surface area contributed by atoms with E-state index in [-0.39, 0.29) is 22.9 Å². The minimum Gasteiger partial charge on any atom is -0.504 e. The van der Waals surface area contributed by atoms with Crippen molar-refractivity contribution in [1.82, 2.24) is 13.9 Å². The number of aryl methyl sites for hydroxylation is 1. The van der Waals surface area contributed by atoms with Crippen LogP contribution in [0.3, 0.4) is 0 Å². The number of nitrogens with zero attached hydrogens (tertiary/aromatic N) is 2. The number of para-hydroxylation sites is 1. The zero-order valence-electron chi connectivity index (χ0n) is 17.4. The molecular formula is C22H23N3O6S. The summed E-state index contributed by atoms with van der Waals surface area (Å²) in [4.78, 5) is 26.2. The van der Waals surface area contributed by atoms with Crippen LogP contribution < -0.4 is 16.0 Å². The molecule has 2 heterocycles. The monoisotopic (exact) mass is 457 g/mol. The predicted molar refractivity (Wildman–Crippen MR) is 118 cm³/mol. The Morgan fingerprint density at radius 3 is 2.62 bits per heavy atom. The van der Waals surface area contributed by atoms with Gasteiger partial charge in [0.05, 0.1) is 10.9 Å². The lowest BCUT2D eigenvalue weighted by Gasteiger charge is -2.32. The molecule has 0 amide bonds. The molecule has 2 N–H and O–H groups in total. The molecule has 1 atom stereocenters. The molecule has 0 saturated carbocycles. The fraction of sp³-hybridized carbons (Fsp3) is 0.273. The molecule has 1 aliphatic heterocycles. The molecule has 4 rings (SSSR count). The summed E-state index contributed by atoms with van der Waals surface area (Å²) in [7, 11) is -3.91. The average Bonchev–Trinajstić information content (AvgIpc) is 2.78. The number of aromatic hydroxyl groups is 1. The van der Waals surface area contributed by atoms with E-state index in [0.29, 0.717) is 30.7 Å². The van der Waals surface area contributed by atoms with Crippen LogP contribution >= 0.6 is 0 Å². The molecule has 0 bridgehead atoms. The highest BCUT2D eigenvalue weighted by atomic mass is 32.2. The van der Waals surface area contributed by atoms with Gasteiger partial charge in [-0.25, -0.2) is 13.2 Å². The molecule has 1 aromatic heterocycles. The second-order valence-electron chi connectivity index (χ2n) is 7.68. The lowest BCUT2D eigenvalue weighted by atomic mass is 10.1. The van der Waals surface area contributed by atoms with E-state index in [1.54, 1.807) is 31.2 Å². The van der Waals surface area contributed by atoms with Crippen LogP contribution in [-0.4, -0.2) is 40.5 Å². The van der Waals surface area contributed by atoms with E-state index < -0.39 is 27.3 Å². The first-order valence-electron chi connectivity index (χ1n) is 10.1. The van der Waals surface area contributed by atoms with Crippen LogP contribution in [0.15, 0.2) is 69.2 Å². The number of benzene rings is 2. The maximum atomic E-state index is 13.3. The molecule has 168 valence electrons. The van der Waals surface area contributed by atoms with Crippen molar-refractivity contribution in [3.05, 3.63) is 81.1 Å². The molecule has 32 heavy (non-hydrogen) atoms. The van der Waals surface area contributed by atoms with E-state index in [1.807, 2.05) is 6.07 Å². The summed E-state index contributed by atoms with van der Waals surface area (Å²) >= 11 is 0. The van der Waals surface area contributed by atoms with Gasteiger partial charge in [0.25, 0.3) is 5.56 Å². The molecule has 1 fully saturated rings. The minimum absolute atomic E-state index is 0.0214. The van der Waals surface area contributed by atoms with Gasteiger partial charge in [-0.15, -0.1) is 0 Å². The maximum absolute atomic E-state index is 13.3. The highest BCUT2D eigenvalue weighted by molar-refractivity contribution is 7.89. The molecule has 2 aromatic carbocycles. The number of phenolic OH excluding ortho intramolecular Hbond substituents is 1. The number of piperidine rings is 1. The Hall–Kier alpha value is -3.37. The van der Waals surface area contributed by atoms with Gasteiger partial charge in [-0.3, -0.25) is 14.3 Å². The van der Waals surface area contributed by atoms with Gasteiger partial charge in [-0.1, -0.05) is 18.2 Å². The van der Waals surface area contributed by atoms with Crippen LogP contribution in [0.4, 0.5) is 0 Å². The van der Waals surface area contributed by atoms with Gasteiger partial charge in [-0.05, 0) is 44.0 Å². The number of rotatable bonds is 5. The van der Waals surface area contributed by atoms with Crippen molar-refractivity contribution in [1.29, 1.82) is 0 Å². The number of H-pyrrole nitrogens is 1. The SMILES string of the molecule is Cc1cn([C@H]2CCCN(S(=O)(=O)c3ccc(O)c(Oc4ccccc4)c3)C2)c(=O)[nH]c1=O. The summed E-state index contributed by atoms with van der Waals surface area (Å²) in [6.45, 7) is 1.98. The van der Waals surface area contributed by atoms with Crippen LogP contribution in [0, 0.1) is 6.92 Å². The van der Waals surface area contributed by atoms with Crippen molar-refractivity contribution >= 4 is 10.0 Å². The smallest absolute Gasteiger partial charge is 0.328 e. The Morgan fingerprint density at radius 2 is 1.88 bits per heavy atom. The van der Waals surface area contributed by atoms with Gasteiger partial charge in [0, 0.05) is 30.9 Å². The summed E-state index contributed by atoms with van der Waals surface area (Å²) < 4.78 is 35.0. The third kappa shape index (κ3) is 4.32. The Bertz CT molecular complexity index is 1350.